The lowest BCUT2D eigenvalue weighted by Gasteiger charge is -2.32. The number of hydrogen-bond donors (Lipinski definition) is 1. The van der Waals surface area contributed by atoms with Gasteiger partial charge < -0.3 is 24.3 Å². The van der Waals surface area contributed by atoms with Gasteiger partial charge in [-0.25, -0.2) is 0 Å². The van der Waals surface area contributed by atoms with Crippen LogP contribution in [0.5, 0.6) is 5.75 Å². The summed E-state index contributed by atoms with van der Waals surface area (Å²) in [7, 11) is -2.33. The lowest BCUT2D eigenvalue weighted by Crippen LogP contribution is -2.22. The molecule has 1 atom stereocenters. The Balaban J connectivity index is 2.40. The summed E-state index contributed by atoms with van der Waals surface area (Å²) in [6, 6.07) is 18.7. The van der Waals surface area contributed by atoms with E-state index in [-0.39, 0.29) is 30.2 Å². The second-order valence-corrected chi connectivity index (χ2v) is 8.50. The molecule has 0 aromatic heterocycles. The number of methoxy groups -OCH3 is 1. The van der Waals surface area contributed by atoms with Crippen LogP contribution < -0.4 is 10.5 Å². The van der Waals surface area contributed by atoms with Crippen molar-refractivity contribution in [2.45, 2.75) is 19.8 Å². The van der Waals surface area contributed by atoms with E-state index in [0.29, 0.717) is 22.4 Å². The SMILES string of the molecule is CCOP(=O)(OCC)C1=C(c2ccccc2)C(c2ccccc2OC)C(C#N)=C(N)O1. The summed E-state index contributed by atoms with van der Waals surface area (Å²) in [4.78, 5) is 0. The van der Waals surface area contributed by atoms with Crippen LogP contribution in [0.1, 0.15) is 30.9 Å². The molecule has 0 saturated carbocycles. The zero-order valence-electron chi connectivity index (χ0n) is 17.7. The van der Waals surface area contributed by atoms with Gasteiger partial charge in [0.2, 0.25) is 11.4 Å². The highest BCUT2D eigenvalue weighted by Gasteiger charge is 2.44. The molecule has 0 fully saturated rings. The number of nitrogens with two attached hydrogens (primary N) is 1. The van der Waals surface area contributed by atoms with Crippen LogP contribution in [0, 0.1) is 11.3 Å². The Hall–Kier alpha value is -3.04. The van der Waals surface area contributed by atoms with Crippen molar-refractivity contribution in [2.24, 2.45) is 5.73 Å². The first-order valence-corrected chi connectivity index (χ1v) is 11.4. The van der Waals surface area contributed by atoms with Crippen LogP contribution in [0.4, 0.5) is 0 Å². The van der Waals surface area contributed by atoms with Gasteiger partial charge in [0.25, 0.3) is 0 Å². The maximum absolute atomic E-state index is 13.8. The van der Waals surface area contributed by atoms with Crippen LogP contribution in [0.3, 0.4) is 0 Å². The van der Waals surface area contributed by atoms with Gasteiger partial charge in [0.15, 0.2) is 0 Å². The van der Waals surface area contributed by atoms with E-state index in [1.165, 1.54) is 0 Å². The van der Waals surface area contributed by atoms with E-state index in [1.54, 1.807) is 27.0 Å². The zero-order chi connectivity index (χ0) is 22.4. The van der Waals surface area contributed by atoms with Crippen molar-refractivity contribution in [2.75, 3.05) is 20.3 Å². The summed E-state index contributed by atoms with van der Waals surface area (Å²) in [5.74, 6) is -0.278. The van der Waals surface area contributed by atoms with Crippen molar-refractivity contribution in [3.63, 3.8) is 0 Å². The van der Waals surface area contributed by atoms with Crippen LogP contribution in [0.2, 0.25) is 0 Å². The van der Waals surface area contributed by atoms with Crippen molar-refractivity contribution in [3.05, 3.63) is 82.7 Å². The van der Waals surface area contributed by atoms with E-state index in [4.69, 9.17) is 24.3 Å². The summed E-state index contributed by atoms with van der Waals surface area (Å²) in [5, 5.41) is 9.95. The molecular formula is C23H25N2O5P. The fraction of sp³-hybridized carbons (Fsp3) is 0.261. The minimum absolute atomic E-state index is 0.0187. The fourth-order valence-electron chi connectivity index (χ4n) is 3.57. The summed E-state index contributed by atoms with van der Waals surface area (Å²) in [6.45, 7) is 3.71. The molecular weight excluding hydrogens is 415 g/mol. The molecule has 1 unspecified atom stereocenters. The topological polar surface area (TPSA) is 104 Å². The summed E-state index contributed by atoms with van der Waals surface area (Å²) < 4.78 is 36.3. The van der Waals surface area contributed by atoms with Gasteiger partial charge >= 0.3 is 7.60 Å². The third-order valence-electron chi connectivity index (χ3n) is 4.78. The van der Waals surface area contributed by atoms with Crippen molar-refractivity contribution >= 4 is 13.2 Å². The number of ether oxygens (including phenoxy) is 2. The molecule has 0 radical (unpaired) electrons. The summed E-state index contributed by atoms with van der Waals surface area (Å²) >= 11 is 0. The maximum Gasteiger partial charge on any atom is 0.396 e. The minimum Gasteiger partial charge on any atom is -0.496 e. The molecule has 0 bridgehead atoms. The van der Waals surface area contributed by atoms with Crippen molar-refractivity contribution in [1.29, 1.82) is 5.26 Å². The van der Waals surface area contributed by atoms with E-state index in [1.807, 2.05) is 48.5 Å². The predicted molar refractivity (Wildman–Crippen MR) is 118 cm³/mol. The standard InChI is InChI=1S/C23H25N2O5P/c1-4-28-31(26,29-5-2)23-20(16-11-7-6-8-12-16)21(18(15-24)22(25)30-23)17-13-9-10-14-19(17)27-3/h6-14,21H,4-5,25H2,1-3H3. The van der Waals surface area contributed by atoms with E-state index in [9.17, 15) is 9.83 Å². The van der Waals surface area contributed by atoms with Crippen molar-refractivity contribution in [3.8, 4) is 11.8 Å². The van der Waals surface area contributed by atoms with Gasteiger partial charge in [0.1, 0.15) is 17.4 Å². The second kappa shape index (κ2) is 9.84. The van der Waals surface area contributed by atoms with Gasteiger partial charge in [-0.05, 0) is 25.5 Å². The average molecular weight is 440 g/mol. The van der Waals surface area contributed by atoms with Crippen LogP contribution in [-0.2, 0) is 18.3 Å². The average Bonchev–Trinajstić information content (AvgIpc) is 2.79. The van der Waals surface area contributed by atoms with Gasteiger partial charge in [0, 0.05) is 11.1 Å². The molecule has 8 heteroatoms. The highest BCUT2D eigenvalue weighted by atomic mass is 31.2. The molecule has 3 rings (SSSR count). The van der Waals surface area contributed by atoms with Crippen molar-refractivity contribution in [1.82, 2.24) is 0 Å². The maximum atomic E-state index is 13.8. The first-order chi connectivity index (χ1) is 15.0. The molecule has 0 spiro atoms. The smallest absolute Gasteiger partial charge is 0.396 e. The monoisotopic (exact) mass is 440 g/mol. The molecule has 2 N–H and O–H groups in total. The molecule has 1 heterocycles. The Morgan fingerprint density at radius 3 is 2.26 bits per heavy atom. The number of rotatable bonds is 8. The molecule has 7 nitrogen and oxygen atoms in total. The third kappa shape index (κ3) is 4.38. The Labute approximate surface area is 182 Å². The normalized spacial score (nSPS) is 16.6. The highest BCUT2D eigenvalue weighted by molar-refractivity contribution is 7.58. The number of nitriles is 1. The lowest BCUT2D eigenvalue weighted by atomic mass is 9.81. The molecule has 0 amide bonds. The number of benzene rings is 2. The first-order valence-electron chi connectivity index (χ1n) is 9.90. The fourth-order valence-corrected chi connectivity index (χ4v) is 5.32. The Morgan fingerprint density at radius 1 is 1.06 bits per heavy atom. The molecule has 31 heavy (non-hydrogen) atoms. The quantitative estimate of drug-likeness (QED) is 0.567. The molecule has 0 aliphatic carbocycles. The molecule has 1 aliphatic heterocycles. The van der Waals surface area contributed by atoms with E-state index in [2.05, 4.69) is 6.07 Å². The minimum atomic E-state index is -3.88. The Morgan fingerprint density at radius 2 is 1.68 bits per heavy atom. The van der Waals surface area contributed by atoms with Crippen LogP contribution in [0.25, 0.3) is 5.57 Å². The van der Waals surface area contributed by atoms with Gasteiger partial charge in [0.05, 0.1) is 26.2 Å². The molecule has 2 aromatic carbocycles. The van der Waals surface area contributed by atoms with Crippen LogP contribution in [-0.4, -0.2) is 20.3 Å². The predicted octanol–water partition coefficient (Wildman–Crippen LogP) is 5.14. The van der Waals surface area contributed by atoms with E-state index < -0.39 is 13.5 Å². The van der Waals surface area contributed by atoms with Crippen molar-refractivity contribution < 1.29 is 23.1 Å². The molecule has 162 valence electrons. The zero-order valence-corrected chi connectivity index (χ0v) is 18.6. The molecule has 0 saturated heterocycles. The number of para-hydroxylation sites is 1. The molecule has 1 aliphatic rings. The highest BCUT2D eigenvalue weighted by Crippen LogP contribution is 2.63. The Bertz CT molecular complexity index is 1080. The van der Waals surface area contributed by atoms with Crippen LogP contribution in [0.15, 0.2) is 71.6 Å². The first kappa shape index (κ1) is 22.6. The summed E-state index contributed by atoms with van der Waals surface area (Å²) in [5.41, 5.74) is 8.20. The Kier molecular flexibility index (Phi) is 7.19. The van der Waals surface area contributed by atoms with Gasteiger partial charge in [-0.2, -0.15) is 5.26 Å². The third-order valence-corrected chi connectivity index (χ3v) is 6.81. The largest absolute Gasteiger partial charge is 0.496 e. The van der Waals surface area contributed by atoms with Crippen LogP contribution >= 0.6 is 7.60 Å². The van der Waals surface area contributed by atoms with E-state index in [0.717, 1.165) is 0 Å². The van der Waals surface area contributed by atoms with Gasteiger partial charge in [-0.1, -0.05) is 48.5 Å². The number of allylic oxidation sites excluding steroid dienone is 2. The van der Waals surface area contributed by atoms with E-state index >= 15 is 0 Å². The lowest BCUT2D eigenvalue weighted by molar-refractivity contribution is 0.199. The second-order valence-electron chi connectivity index (χ2n) is 6.58. The van der Waals surface area contributed by atoms with Gasteiger partial charge in [-0.3, -0.25) is 4.57 Å². The van der Waals surface area contributed by atoms with Gasteiger partial charge in [-0.15, -0.1) is 0 Å². The summed E-state index contributed by atoms with van der Waals surface area (Å²) in [6.07, 6.45) is 0. The number of hydrogen-bond acceptors (Lipinski definition) is 7. The molecule has 2 aromatic rings. The number of nitrogens with zero attached hydrogens (tertiary/aromatic N) is 1.